The molecule has 1 aromatic carbocycles. The summed E-state index contributed by atoms with van der Waals surface area (Å²) in [5, 5.41) is 0. The van der Waals surface area contributed by atoms with Gasteiger partial charge in [0.25, 0.3) is 5.56 Å². The van der Waals surface area contributed by atoms with Gasteiger partial charge >= 0.3 is 0 Å². The Balaban J connectivity index is 2.28. The number of hydrogen-bond acceptors (Lipinski definition) is 3. The SMILES string of the molecule is Cc1ccc(C(=O)Cn2cncc(I)c2=O)cc1C. The third-order valence-corrected chi connectivity index (χ3v) is 3.74. The van der Waals surface area contributed by atoms with Crippen LogP contribution in [0.3, 0.4) is 0 Å². The standard InChI is InChI=1S/C14H13IN2O2/c1-9-3-4-11(5-10(9)2)13(18)7-17-8-16-6-12(15)14(17)19/h3-6,8H,7H2,1-2H3. The predicted molar refractivity (Wildman–Crippen MR) is 81.5 cm³/mol. The van der Waals surface area contributed by atoms with Gasteiger partial charge in [-0.2, -0.15) is 0 Å². The summed E-state index contributed by atoms with van der Waals surface area (Å²) < 4.78 is 1.84. The zero-order chi connectivity index (χ0) is 14.0. The molecule has 0 radical (unpaired) electrons. The zero-order valence-corrected chi connectivity index (χ0v) is 12.8. The van der Waals surface area contributed by atoms with Crippen LogP contribution in [0.15, 0.2) is 35.5 Å². The van der Waals surface area contributed by atoms with Gasteiger partial charge in [-0.1, -0.05) is 12.1 Å². The van der Waals surface area contributed by atoms with E-state index in [2.05, 4.69) is 4.98 Å². The summed E-state index contributed by atoms with van der Waals surface area (Å²) in [6.07, 6.45) is 2.88. The second kappa shape index (κ2) is 5.64. The Morgan fingerprint density at radius 1 is 1.32 bits per heavy atom. The monoisotopic (exact) mass is 368 g/mol. The maximum absolute atomic E-state index is 12.2. The minimum atomic E-state index is -0.187. The summed E-state index contributed by atoms with van der Waals surface area (Å²) in [4.78, 5) is 27.9. The number of aromatic nitrogens is 2. The number of benzene rings is 1. The zero-order valence-electron chi connectivity index (χ0n) is 10.7. The summed E-state index contributed by atoms with van der Waals surface area (Å²) in [6.45, 7) is 3.98. The minimum absolute atomic E-state index is 0.0190. The summed E-state index contributed by atoms with van der Waals surface area (Å²) in [7, 11) is 0. The van der Waals surface area contributed by atoms with E-state index in [9.17, 15) is 9.59 Å². The van der Waals surface area contributed by atoms with E-state index in [1.807, 2.05) is 48.6 Å². The molecule has 1 heterocycles. The lowest BCUT2D eigenvalue weighted by Gasteiger charge is -2.06. The minimum Gasteiger partial charge on any atom is -0.292 e. The predicted octanol–water partition coefficient (Wildman–Crippen LogP) is 2.35. The van der Waals surface area contributed by atoms with Gasteiger partial charge in [0.2, 0.25) is 0 Å². The van der Waals surface area contributed by atoms with E-state index in [4.69, 9.17) is 0 Å². The highest BCUT2D eigenvalue weighted by atomic mass is 127. The van der Waals surface area contributed by atoms with E-state index in [0.717, 1.165) is 11.1 Å². The Hall–Kier alpha value is -1.50. The lowest BCUT2D eigenvalue weighted by Crippen LogP contribution is -2.26. The highest BCUT2D eigenvalue weighted by Gasteiger charge is 2.10. The molecule has 0 aliphatic carbocycles. The highest BCUT2D eigenvalue weighted by molar-refractivity contribution is 14.1. The van der Waals surface area contributed by atoms with Crippen LogP contribution < -0.4 is 5.56 Å². The van der Waals surface area contributed by atoms with Crippen LogP contribution in [0.2, 0.25) is 0 Å². The van der Waals surface area contributed by atoms with Crippen LogP contribution >= 0.6 is 22.6 Å². The third kappa shape index (κ3) is 3.09. The van der Waals surface area contributed by atoms with Crippen molar-refractivity contribution in [2.45, 2.75) is 20.4 Å². The van der Waals surface area contributed by atoms with Crippen molar-refractivity contribution in [1.29, 1.82) is 0 Å². The number of carbonyl (C=O) groups is 1. The molecule has 0 bridgehead atoms. The second-order valence-electron chi connectivity index (χ2n) is 4.40. The van der Waals surface area contributed by atoms with Crippen LogP contribution in [-0.2, 0) is 6.54 Å². The first-order chi connectivity index (χ1) is 8.99. The van der Waals surface area contributed by atoms with E-state index in [-0.39, 0.29) is 17.9 Å². The average Bonchev–Trinajstić information content (AvgIpc) is 2.38. The maximum atomic E-state index is 12.2. The Morgan fingerprint density at radius 2 is 2.05 bits per heavy atom. The fraction of sp³-hybridized carbons (Fsp3) is 0.214. The molecule has 0 amide bonds. The first-order valence-corrected chi connectivity index (χ1v) is 6.87. The lowest BCUT2D eigenvalue weighted by atomic mass is 10.0. The molecule has 0 atom stereocenters. The molecule has 0 spiro atoms. The van der Waals surface area contributed by atoms with Gasteiger partial charge in [0.15, 0.2) is 5.78 Å². The highest BCUT2D eigenvalue weighted by Crippen LogP contribution is 2.11. The first kappa shape index (κ1) is 13.9. The number of aryl methyl sites for hydroxylation is 2. The van der Waals surface area contributed by atoms with Crippen LogP contribution in [0.25, 0.3) is 0 Å². The molecule has 0 aliphatic heterocycles. The number of nitrogens with zero attached hydrogens (tertiary/aromatic N) is 2. The molecule has 0 aliphatic rings. The largest absolute Gasteiger partial charge is 0.292 e. The van der Waals surface area contributed by atoms with E-state index in [0.29, 0.717) is 9.13 Å². The fourth-order valence-electron chi connectivity index (χ4n) is 1.70. The van der Waals surface area contributed by atoms with Crippen molar-refractivity contribution in [3.63, 3.8) is 0 Å². The van der Waals surface area contributed by atoms with Crippen LogP contribution in [-0.4, -0.2) is 15.3 Å². The fourth-order valence-corrected chi connectivity index (χ4v) is 2.17. The average molecular weight is 368 g/mol. The molecule has 5 heteroatoms. The Morgan fingerprint density at radius 3 is 2.74 bits per heavy atom. The molecule has 0 saturated heterocycles. The number of carbonyl (C=O) groups excluding carboxylic acids is 1. The van der Waals surface area contributed by atoms with Gasteiger partial charge in [-0.15, -0.1) is 0 Å². The maximum Gasteiger partial charge on any atom is 0.267 e. The molecule has 98 valence electrons. The van der Waals surface area contributed by atoms with Crippen LogP contribution in [0, 0.1) is 17.4 Å². The van der Waals surface area contributed by atoms with Gasteiger partial charge in [-0.3, -0.25) is 14.2 Å². The molecule has 0 fully saturated rings. The molecule has 0 N–H and O–H groups in total. The van der Waals surface area contributed by atoms with Crippen molar-refractivity contribution < 1.29 is 4.79 Å². The van der Waals surface area contributed by atoms with Crippen molar-refractivity contribution in [3.8, 4) is 0 Å². The lowest BCUT2D eigenvalue weighted by molar-refractivity contribution is 0.0970. The van der Waals surface area contributed by atoms with E-state index in [1.54, 1.807) is 6.07 Å². The number of halogens is 1. The molecule has 0 unspecified atom stereocenters. The van der Waals surface area contributed by atoms with Crippen LogP contribution in [0.1, 0.15) is 21.5 Å². The molecule has 19 heavy (non-hydrogen) atoms. The van der Waals surface area contributed by atoms with E-state index >= 15 is 0 Å². The molecule has 2 aromatic rings. The Bertz CT molecular complexity index is 692. The molecule has 2 rings (SSSR count). The summed E-state index contributed by atoms with van der Waals surface area (Å²) in [5.41, 5.74) is 2.64. The van der Waals surface area contributed by atoms with Crippen molar-refractivity contribution in [2.24, 2.45) is 0 Å². The number of Topliss-reactive ketones (excluding diaryl/α,β-unsaturated/α-hetero) is 1. The summed E-state index contributed by atoms with van der Waals surface area (Å²) in [6, 6.07) is 5.55. The molecular weight excluding hydrogens is 355 g/mol. The topological polar surface area (TPSA) is 52.0 Å². The van der Waals surface area contributed by atoms with Gasteiger partial charge in [-0.05, 0) is 53.6 Å². The summed E-state index contributed by atoms with van der Waals surface area (Å²) in [5.74, 6) is -0.0889. The first-order valence-electron chi connectivity index (χ1n) is 5.79. The van der Waals surface area contributed by atoms with Gasteiger partial charge < -0.3 is 0 Å². The number of rotatable bonds is 3. The van der Waals surface area contributed by atoms with Crippen molar-refractivity contribution >= 4 is 28.4 Å². The molecular formula is C14H13IN2O2. The van der Waals surface area contributed by atoms with Gasteiger partial charge in [-0.25, -0.2) is 4.98 Å². The number of hydrogen-bond donors (Lipinski definition) is 0. The van der Waals surface area contributed by atoms with Crippen LogP contribution in [0.5, 0.6) is 0 Å². The molecule has 1 aromatic heterocycles. The number of ketones is 1. The molecule has 4 nitrogen and oxygen atoms in total. The van der Waals surface area contributed by atoms with Gasteiger partial charge in [0.1, 0.15) is 0 Å². The van der Waals surface area contributed by atoms with Gasteiger partial charge in [0.05, 0.1) is 16.4 Å². The third-order valence-electron chi connectivity index (χ3n) is 3.00. The smallest absolute Gasteiger partial charge is 0.267 e. The quantitative estimate of drug-likeness (QED) is 0.618. The second-order valence-corrected chi connectivity index (χ2v) is 5.56. The molecule has 0 saturated carbocycles. The Kier molecular flexibility index (Phi) is 4.14. The summed E-state index contributed by atoms with van der Waals surface area (Å²) >= 11 is 1.91. The normalized spacial score (nSPS) is 10.5. The van der Waals surface area contributed by atoms with E-state index in [1.165, 1.54) is 17.1 Å². The Labute approximate surface area is 124 Å². The van der Waals surface area contributed by atoms with Crippen molar-refractivity contribution in [3.05, 3.63) is 61.3 Å². The van der Waals surface area contributed by atoms with Gasteiger partial charge in [0, 0.05) is 11.8 Å². The van der Waals surface area contributed by atoms with E-state index < -0.39 is 0 Å². The van der Waals surface area contributed by atoms with Crippen molar-refractivity contribution in [1.82, 2.24) is 9.55 Å². The van der Waals surface area contributed by atoms with Crippen LogP contribution in [0.4, 0.5) is 0 Å². The van der Waals surface area contributed by atoms with Crippen molar-refractivity contribution in [2.75, 3.05) is 0 Å².